The molecule has 0 radical (unpaired) electrons. The van der Waals surface area contributed by atoms with E-state index in [9.17, 15) is 4.79 Å². The van der Waals surface area contributed by atoms with Gasteiger partial charge in [-0.15, -0.1) is 0 Å². The third-order valence-corrected chi connectivity index (χ3v) is 4.50. The molecule has 0 aromatic carbocycles. The smallest absolute Gasteiger partial charge is 0.227 e. The lowest BCUT2D eigenvalue weighted by molar-refractivity contribution is -0.131. The van der Waals surface area contributed by atoms with Crippen molar-refractivity contribution >= 4 is 5.91 Å². The van der Waals surface area contributed by atoms with Crippen molar-refractivity contribution in [2.45, 2.75) is 52.6 Å². The van der Waals surface area contributed by atoms with Crippen LogP contribution in [0.15, 0.2) is 0 Å². The lowest BCUT2D eigenvalue weighted by Gasteiger charge is -2.29. The molecule has 106 valence electrons. The molecule has 0 aromatic rings. The SMILES string of the molecule is CCC1OCCC1CNC(=O)C(CC)(CC)CN. The van der Waals surface area contributed by atoms with Crippen LogP contribution in [-0.4, -0.2) is 31.7 Å². The maximum absolute atomic E-state index is 12.3. The molecule has 1 amide bonds. The van der Waals surface area contributed by atoms with Gasteiger partial charge in [0, 0.05) is 25.6 Å². The van der Waals surface area contributed by atoms with Crippen molar-refractivity contribution in [1.82, 2.24) is 5.32 Å². The number of rotatable bonds is 7. The topological polar surface area (TPSA) is 64.3 Å². The summed E-state index contributed by atoms with van der Waals surface area (Å²) in [6.45, 7) is 8.16. The zero-order chi connectivity index (χ0) is 13.6. The van der Waals surface area contributed by atoms with Gasteiger partial charge in [-0.3, -0.25) is 4.79 Å². The molecule has 2 atom stereocenters. The van der Waals surface area contributed by atoms with Crippen LogP contribution in [0.25, 0.3) is 0 Å². The summed E-state index contributed by atoms with van der Waals surface area (Å²) in [5.74, 6) is 0.569. The Morgan fingerprint density at radius 2 is 2.06 bits per heavy atom. The van der Waals surface area contributed by atoms with E-state index in [1.54, 1.807) is 0 Å². The van der Waals surface area contributed by atoms with Gasteiger partial charge in [0.1, 0.15) is 0 Å². The van der Waals surface area contributed by atoms with Crippen LogP contribution >= 0.6 is 0 Å². The van der Waals surface area contributed by atoms with E-state index in [0.717, 1.165) is 38.8 Å². The molecule has 1 aliphatic rings. The first-order valence-corrected chi connectivity index (χ1v) is 7.23. The predicted octanol–water partition coefficient (Wildman–Crippen LogP) is 1.68. The molecule has 4 heteroatoms. The molecule has 0 spiro atoms. The van der Waals surface area contributed by atoms with Gasteiger partial charge >= 0.3 is 0 Å². The Bertz CT molecular complexity index is 256. The lowest BCUT2D eigenvalue weighted by atomic mass is 9.81. The first-order chi connectivity index (χ1) is 8.63. The minimum atomic E-state index is -0.388. The molecule has 1 fully saturated rings. The maximum atomic E-state index is 12.3. The first-order valence-electron chi connectivity index (χ1n) is 7.23. The highest BCUT2D eigenvalue weighted by molar-refractivity contribution is 5.82. The fraction of sp³-hybridized carbons (Fsp3) is 0.929. The Labute approximate surface area is 111 Å². The van der Waals surface area contributed by atoms with Crippen molar-refractivity contribution in [3.05, 3.63) is 0 Å². The fourth-order valence-corrected chi connectivity index (χ4v) is 2.74. The molecule has 1 rings (SSSR count). The van der Waals surface area contributed by atoms with Gasteiger partial charge in [0.15, 0.2) is 0 Å². The summed E-state index contributed by atoms with van der Waals surface area (Å²) in [7, 11) is 0. The van der Waals surface area contributed by atoms with Crippen molar-refractivity contribution in [3.63, 3.8) is 0 Å². The van der Waals surface area contributed by atoms with Crippen molar-refractivity contribution in [2.24, 2.45) is 17.1 Å². The normalized spacial score (nSPS) is 24.2. The van der Waals surface area contributed by atoms with Gasteiger partial charge in [0.2, 0.25) is 5.91 Å². The van der Waals surface area contributed by atoms with Gasteiger partial charge in [-0.2, -0.15) is 0 Å². The maximum Gasteiger partial charge on any atom is 0.227 e. The lowest BCUT2D eigenvalue weighted by Crippen LogP contribution is -2.47. The molecule has 0 aliphatic carbocycles. The van der Waals surface area contributed by atoms with Gasteiger partial charge in [-0.1, -0.05) is 20.8 Å². The van der Waals surface area contributed by atoms with Crippen LogP contribution in [0.4, 0.5) is 0 Å². The molecule has 1 heterocycles. The summed E-state index contributed by atoms with van der Waals surface area (Å²) in [5, 5.41) is 3.08. The van der Waals surface area contributed by atoms with E-state index in [1.807, 2.05) is 13.8 Å². The van der Waals surface area contributed by atoms with E-state index >= 15 is 0 Å². The quantitative estimate of drug-likeness (QED) is 0.728. The Balaban J connectivity index is 2.49. The molecule has 1 saturated heterocycles. The zero-order valence-corrected chi connectivity index (χ0v) is 12.0. The van der Waals surface area contributed by atoms with Crippen LogP contribution in [0.1, 0.15) is 46.5 Å². The molecule has 1 aliphatic heterocycles. The van der Waals surface area contributed by atoms with E-state index in [4.69, 9.17) is 10.5 Å². The predicted molar refractivity (Wildman–Crippen MR) is 73.2 cm³/mol. The van der Waals surface area contributed by atoms with E-state index in [0.29, 0.717) is 18.6 Å². The van der Waals surface area contributed by atoms with Crippen LogP contribution in [0.5, 0.6) is 0 Å². The third-order valence-electron chi connectivity index (χ3n) is 4.50. The number of carbonyl (C=O) groups is 1. The molecule has 4 nitrogen and oxygen atoms in total. The third kappa shape index (κ3) is 3.23. The van der Waals surface area contributed by atoms with Gasteiger partial charge < -0.3 is 15.8 Å². The first kappa shape index (κ1) is 15.4. The van der Waals surface area contributed by atoms with Crippen molar-refractivity contribution in [3.8, 4) is 0 Å². The van der Waals surface area contributed by atoms with Crippen LogP contribution in [-0.2, 0) is 9.53 Å². The summed E-state index contributed by atoms with van der Waals surface area (Å²) in [6, 6.07) is 0. The van der Waals surface area contributed by atoms with E-state index in [1.165, 1.54) is 0 Å². The second-order valence-corrected chi connectivity index (χ2v) is 5.27. The summed E-state index contributed by atoms with van der Waals surface area (Å²) < 4.78 is 5.64. The summed E-state index contributed by atoms with van der Waals surface area (Å²) in [5.41, 5.74) is 5.39. The van der Waals surface area contributed by atoms with Crippen LogP contribution in [0.2, 0.25) is 0 Å². The second-order valence-electron chi connectivity index (χ2n) is 5.27. The number of nitrogens with two attached hydrogens (primary N) is 1. The monoisotopic (exact) mass is 256 g/mol. The highest BCUT2D eigenvalue weighted by Gasteiger charge is 2.34. The van der Waals surface area contributed by atoms with Crippen molar-refractivity contribution in [1.29, 1.82) is 0 Å². The molecule has 0 aromatic heterocycles. The van der Waals surface area contributed by atoms with E-state index < -0.39 is 0 Å². The van der Waals surface area contributed by atoms with Crippen LogP contribution in [0, 0.1) is 11.3 Å². The number of nitrogens with one attached hydrogen (secondary N) is 1. The average molecular weight is 256 g/mol. The number of ether oxygens (including phenoxy) is 1. The highest BCUT2D eigenvalue weighted by atomic mass is 16.5. The van der Waals surface area contributed by atoms with Crippen LogP contribution in [0.3, 0.4) is 0 Å². The number of hydrogen-bond acceptors (Lipinski definition) is 3. The number of hydrogen-bond donors (Lipinski definition) is 2. The van der Waals surface area contributed by atoms with Gasteiger partial charge in [-0.05, 0) is 25.7 Å². The Morgan fingerprint density at radius 1 is 1.39 bits per heavy atom. The van der Waals surface area contributed by atoms with E-state index in [-0.39, 0.29) is 11.3 Å². The zero-order valence-electron chi connectivity index (χ0n) is 12.0. The largest absolute Gasteiger partial charge is 0.378 e. The molecule has 0 bridgehead atoms. The minimum absolute atomic E-state index is 0.108. The Morgan fingerprint density at radius 3 is 2.56 bits per heavy atom. The van der Waals surface area contributed by atoms with Gasteiger partial charge in [0.05, 0.1) is 11.5 Å². The molecule has 0 saturated carbocycles. The molecule has 3 N–H and O–H groups in total. The van der Waals surface area contributed by atoms with Crippen molar-refractivity contribution < 1.29 is 9.53 Å². The Hall–Kier alpha value is -0.610. The fourth-order valence-electron chi connectivity index (χ4n) is 2.74. The van der Waals surface area contributed by atoms with Crippen LogP contribution < -0.4 is 11.1 Å². The summed E-state index contributed by atoms with van der Waals surface area (Å²) in [4.78, 5) is 12.3. The molecular weight excluding hydrogens is 228 g/mol. The minimum Gasteiger partial charge on any atom is -0.378 e. The molecular formula is C14H28N2O2. The van der Waals surface area contributed by atoms with Gasteiger partial charge in [0.25, 0.3) is 0 Å². The van der Waals surface area contributed by atoms with E-state index in [2.05, 4.69) is 12.2 Å². The van der Waals surface area contributed by atoms with Crippen molar-refractivity contribution in [2.75, 3.05) is 19.7 Å². The molecule has 18 heavy (non-hydrogen) atoms. The van der Waals surface area contributed by atoms with Gasteiger partial charge in [-0.25, -0.2) is 0 Å². The number of carbonyl (C=O) groups excluding carboxylic acids is 1. The highest BCUT2D eigenvalue weighted by Crippen LogP contribution is 2.26. The average Bonchev–Trinajstić information content (AvgIpc) is 2.86. The number of amides is 1. The summed E-state index contributed by atoms with van der Waals surface area (Å²) in [6.07, 6.45) is 3.96. The standard InChI is InChI=1S/C14H28N2O2/c1-4-12-11(7-8-18-12)9-16-13(17)14(5-2,6-3)10-15/h11-12H,4-10,15H2,1-3H3,(H,16,17). The molecule has 2 unspecified atom stereocenters. The second kappa shape index (κ2) is 7.10. The Kier molecular flexibility index (Phi) is 6.09. The summed E-state index contributed by atoms with van der Waals surface area (Å²) >= 11 is 0.